The molecular formula is C22H30N2O2S. The van der Waals surface area contributed by atoms with Crippen LogP contribution in [0.25, 0.3) is 0 Å². The SMILES string of the molecule is O=C(C1CCN(Cc2ccco2)CC1)N1CCCCC1CCc1cccs1. The van der Waals surface area contributed by atoms with E-state index in [4.69, 9.17) is 4.42 Å². The van der Waals surface area contributed by atoms with Gasteiger partial charge in [0, 0.05) is 23.4 Å². The number of carbonyl (C=O) groups is 1. The van der Waals surface area contributed by atoms with E-state index in [1.807, 2.05) is 23.5 Å². The van der Waals surface area contributed by atoms with Crippen molar-refractivity contribution in [2.24, 2.45) is 5.92 Å². The molecule has 4 nitrogen and oxygen atoms in total. The van der Waals surface area contributed by atoms with Crippen LogP contribution >= 0.6 is 11.3 Å². The third-order valence-corrected chi connectivity index (χ3v) is 7.05. The minimum Gasteiger partial charge on any atom is -0.468 e. The fraction of sp³-hybridized carbons (Fsp3) is 0.591. The van der Waals surface area contributed by atoms with E-state index in [0.29, 0.717) is 11.9 Å². The number of piperidine rings is 2. The third kappa shape index (κ3) is 4.82. The van der Waals surface area contributed by atoms with E-state index in [0.717, 1.165) is 57.6 Å². The molecule has 2 aliphatic heterocycles. The Hall–Kier alpha value is -1.59. The number of aryl methyl sites for hydroxylation is 1. The monoisotopic (exact) mass is 386 g/mol. The molecule has 0 aliphatic carbocycles. The van der Waals surface area contributed by atoms with Crippen molar-refractivity contribution in [2.75, 3.05) is 19.6 Å². The zero-order valence-electron chi connectivity index (χ0n) is 16.0. The highest BCUT2D eigenvalue weighted by atomic mass is 32.1. The minimum atomic E-state index is 0.209. The number of carbonyl (C=O) groups excluding carboxylic acids is 1. The van der Waals surface area contributed by atoms with E-state index >= 15 is 0 Å². The Morgan fingerprint density at radius 2 is 2.00 bits per heavy atom. The molecule has 27 heavy (non-hydrogen) atoms. The fourth-order valence-electron chi connectivity index (χ4n) is 4.55. The molecule has 5 heteroatoms. The second-order valence-corrected chi connectivity index (χ2v) is 8.96. The van der Waals surface area contributed by atoms with Crippen LogP contribution in [-0.2, 0) is 17.8 Å². The van der Waals surface area contributed by atoms with E-state index < -0.39 is 0 Å². The summed E-state index contributed by atoms with van der Waals surface area (Å²) in [7, 11) is 0. The largest absolute Gasteiger partial charge is 0.468 e. The zero-order valence-corrected chi connectivity index (χ0v) is 16.8. The van der Waals surface area contributed by atoms with Crippen molar-refractivity contribution >= 4 is 17.2 Å². The lowest BCUT2D eigenvalue weighted by Gasteiger charge is -2.40. The van der Waals surface area contributed by atoms with Crippen LogP contribution in [0.1, 0.15) is 49.2 Å². The molecule has 0 saturated carbocycles. The summed E-state index contributed by atoms with van der Waals surface area (Å²) in [6, 6.07) is 8.75. The van der Waals surface area contributed by atoms with E-state index in [1.165, 1.54) is 24.1 Å². The standard InChI is InChI=1S/C22H30N2O2S/c25-22(18-10-13-23(14-11-18)17-20-6-3-15-26-20)24-12-2-1-5-19(24)8-9-21-7-4-16-27-21/h3-4,6-7,15-16,18-19H,1-2,5,8-14,17H2. The van der Waals surface area contributed by atoms with Crippen LogP contribution in [0.15, 0.2) is 40.3 Å². The van der Waals surface area contributed by atoms with Gasteiger partial charge in [-0.2, -0.15) is 0 Å². The molecule has 0 radical (unpaired) electrons. The lowest BCUT2D eigenvalue weighted by molar-refractivity contribution is -0.141. The van der Waals surface area contributed by atoms with Crippen molar-refractivity contribution in [3.8, 4) is 0 Å². The van der Waals surface area contributed by atoms with Gasteiger partial charge in [0.2, 0.25) is 5.91 Å². The van der Waals surface area contributed by atoms with Crippen LogP contribution in [-0.4, -0.2) is 41.4 Å². The number of amides is 1. The first kappa shape index (κ1) is 18.8. The molecule has 0 N–H and O–H groups in total. The number of nitrogens with zero attached hydrogens (tertiary/aromatic N) is 2. The van der Waals surface area contributed by atoms with Gasteiger partial charge >= 0.3 is 0 Å². The average Bonchev–Trinajstić information content (AvgIpc) is 3.41. The van der Waals surface area contributed by atoms with Crippen molar-refractivity contribution in [3.63, 3.8) is 0 Å². The van der Waals surface area contributed by atoms with Gasteiger partial charge in [0.15, 0.2) is 0 Å². The topological polar surface area (TPSA) is 36.7 Å². The highest BCUT2D eigenvalue weighted by Crippen LogP contribution is 2.28. The zero-order chi connectivity index (χ0) is 18.5. The molecule has 1 unspecified atom stereocenters. The lowest BCUT2D eigenvalue weighted by atomic mass is 9.91. The molecule has 0 aromatic carbocycles. The molecule has 4 heterocycles. The smallest absolute Gasteiger partial charge is 0.226 e. The highest BCUT2D eigenvalue weighted by molar-refractivity contribution is 7.09. The van der Waals surface area contributed by atoms with Gasteiger partial charge in [-0.25, -0.2) is 0 Å². The number of thiophene rings is 1. The Labute approximate surface area is 166 Å². The van der Waals surface area contributed by atoms with Crippen LogP contribution in [0, 0.1) is 5.92 Å². The third-order valence-electron chi connectivity index (χ3n) is 6.11. The Balaban J connectivity index is 1.29. The molecule has 1 amide bonds. The average molecular weight is 387 g/mol. The number of likely N-dealkylation sites (tertiary alicyclic amines) is 2. The summed E-state index contributed by atoms with van der Waals surface area (Å²) in [5.41, 5.74) is 0. The molecule has 0 spiro atoms. The second kappa shape index (κ2) is 9.07. The van der Waals surface area contributed by atoms with Gasteiger partial charge in [0.25, 0.3) is 0 Å². The van der Waals surface area contributed by atoms with Gasteiger partial charge in [0.1, 0.15) is 5.76 Å². The van der Waals surface area contributed by atoms with Gasteiger partial charge in [-0.05, 0) is 81.6 Å². The maximum atomic E-state index is 13.2. The second-order valence-electron chi connectivity index (χ2n) is 7.93. The molecule has 1 atom stereocenters. The van der Waals surface area contributed by atoms with Gasteiger partial charge in [-0.1, -0.05) is 6.07 Å². The van der Waals surface area contributed by atoms with Gasteiger partial charge in [-0.15, -0.1) is 11.3 Å². The first-order chi connectivity index (χ1) is 13.3. The van der Waals surface area contributed by atoms with Crippen LogP contribution in [0.5, 0.6) is 0 Å². The molecule has 2 aromatic heterocycles. The van der Waals surface area contributed by atoms with E-state index in [1.54, 1.807) is 6.26 Å². The van der Waals surface area contributed by atoms with Gasteiger partial charge in [-0.3, -0.25) is 9.69 Å². The van der Waals surface area contributed by atoms with Crippen LogP contribution in [0.3, 0.4) is 0 Å². The summed E-state index contributed by atoms with van der Waals surface area (Å²) in [6.07, 6.45) is 9.52. The van der Waals surface area contributed by atoms with Crippen LogP contribution in [0.2, 0.25) is 0 Å². The molecule has 2 fully saturated rings. The van der Waals surface area contributed by atoms with Crippen LogP contribution < -0.4 is 0 Å². The summed E-state index contributed by atoms with van der Waals surface area (Å²) >= 11 is 1.83. The van der Waals surface area contributed by atoms with Gasteiger partial charge < -0.3 is 9.32 Å². The van der Waals surface area contributed by atoms with Crippen molar-refractivity contribution in [2.45, 2.75) is 57.5 Å². The first-order valence-electron chi connectivity index (χ1n) is 10.4. The predicted molar refractivity (Wildman–Crippen MR) is 109 cm³/mol. The van der Waals surface area contributed by atoms with E-state index in [2.05, 4.69) is 27.3 Å². The molecule has 2 saturated heterocycles. The molecular weight excluding hydrogens is 356 g/mol. The summed E-state index contributed by atoms with van der Waals surface area (Å²) in [5.74, 6) is 1.65. The Morgan fingerprint density at radius 3 is 2.74 bits per heavy atom. The lowest BCUT2D eigenvalue weighted by Crippen LogP contribution is -2.48. The summed E-state index contributed by atoms with van der Waals surface area (Å²) in [6.45, 7) is 3.80. The predicted octanol–water partition coefficient (Wildman–Crippen LogP) is 4.57. The van der Waals surface area contributed by atoms with Crippen LogP contribution in [0.4, 0.5) is 0 Å². The number of furan rings is 1. The van der Waals surface area contributed by atoms with Crippen molar-refractivity contribution in [3.05, 3.63) is 46.5 Å². The van der Waals surface area contributed by atoms with Crippen molar-refractivity contribution in [1.29, 1.82) is 0 Å². The minimum absolute atomic E-state index is 0.209. The highest BCUT2D eigenvalue weighted by Gasteiger charge is 2.33. The molecule has 2 aromatic rings. The number of hydrogen-bond donors (Lipinski definition) is 0. The number of hydrogen-bond acceptors (Lipinski definition) is 4. The first-order valence-corrected chi connectivity index (χ1v) is 11.2. The maximum Gasteiger partial charge on any atom is 0.226 e. The fourth-order valence-corrected chi connectivity index (χ4v) is 5.27. The normalized spacial score (nSPS) is 22.2. The van der Waals surface area contributed by atoms with Crippen molar-refractivity contribution in [1.82, 2.24) is 9.80 Å². The summed E-state index contributed by atoms with van der Waals surface area (Å²) in [4.78, 5) is 19.3. The molecule has 2 aliphatic rings. The molecule has 0 bridgehead atoms. The number of rotatable bonds is 6. The maximum absolute atomic E-state index is 13.2. The van der Waals surface area contributed by atoms with E-state index in [-0.39, 0.29) is 5.92 Å². The van der Waals surface area contributed by atoms with Gasteiger partial charge in [0.05, 0.1) is 12.8 Å². The summed E-state index contributed by atoms with van der Waals surface area (Å²) < 4.78 is 5.46. The quantitative estimate of drug-likeness (QED) is 0.730. The Kier molecular flexibility index (Phi) is 6.30. The molecule has 4 rings (SSSR count). The summed E-state index contributed by atoms with van der Waals surface area (Å²) in [5, 5.41) is 2.15. The Bertz CT molecular complexity index is 690. The van der Waals surface area contributed by atoms with E-state index in [9.17, 15) is 4.79 Å². The van der Waals surface area contributed by atoms with Crippen molar-refractivity contribution < 1.29 is 9.21 Å². The Morgan fingerprint density at radius 1 is 1.11 bits per heavy atom. The molecule has 146 valence electrons.